The molecule has 0 bridgehead atoms. The number of imidazole rings is 1. The molecule has 114 valence electrons. The fourth-order valence-electron chi connectivity index (χ4n) is 3.18. The fraction of sp³-hybridized carbons (Fsp3) is 0.562. The molecule has 1 saturated heterocycles. The van der Waals surface area contributed by atoms with Crippen molar-refractivity contribution in [3.8, 4) is 0 Å². The van der Waals surface area contributed by atoms with Crippen LogP contribution in [0.2, 0.25) is 0 Å². The molecule has 0 radical (unpaired) electrons. The minimum absolute atomic E-state index is 0.261. The Balaban J connectivity index is 1.77. The Morgan fingerprint density at radius 2 is 2.19 bits per heavy atom. The summed E-state index contributed by atoms with van der Waals surface area (Å²) in [6, 6.07) is 6.58. The van der Waals surface area contributed by atoms with Crippen molar-refractivity contribution in [3.05, 3.63) is 35.8 Å². The average molecular weight is 288 g/mol. The Hall–Kier alpha value is -1.43. The van der Waals surface area contributed by atoms with Gasteiger partial charge in [-0.3, -0.25) is 4.90 Å². The van der Waals surface area contributed by atoms with Crippen molar-refractivity contribution in [2.45, 2.75) is 25.9 Å². The lowest BCUT2D eigenvalue weighted by atomic mass is 10.1. The fourth-order valence-corrected chi connectivity index (χ4v) is 3.18. The predicted molar refractivity (Wildman–Crippen MR) is 83.3 cm³/mol. The molecule has 0 aromatic carbocycles. The minimum atomic E-state index is 0.261. The van der Waals surface area contributed by atoms with Crippen LogP contribution < -0.4 is 0 Å². The third-order valence-corrected chi connectivity index (χ3v) is 4.53. The molecular weight excluding hydrogens is 264 g/mol. The van der Waals surface area contributed by atoms with Gasteiger partial charge in [-0.05, 0) is 32.5 Å². The number of aliphatic hydroxyl groups excluding tert-OH is 1. The molecule has 1 atom stereocenters. The predicted octanol–water partition coefficient (Wildman–Crippen LogP) is 1.14. The summed E-state index contributed by atoms with van der Waals surface area (Å²) in [7, 11) is 2.15. The Morgan fingerprint density at radius 1 is 1.33 bits per heavy atom. The van der Waals surface area contributed by atoms with Crippen LogP contribution in [0.4, 0.5) is 0 Å². The van der Waals surface area contributed by atoms with Crippen molar-refractivity contribution in [3.63, 3.8) is 0 Å². The monoisotopic (exact) mass is 288 g/mol. The van der Waals surface area contributed by atoms with Crippen LogP contribution in [0.15, 0.2) is 24.4 Å². The van der Waals surface area contributed by atoms with E-state index in [9.17, 15) is 5.11 Å². The van der Waals surface area contributed by atoms with Gasteiger partial charge in [-0.2, -0.15) is 0 Å². The van der Waals surface area contributed by atoms with E-state index in [1.165, 1.54) is 5.69 Å². The Morgan fingerprint density at radius 3 is 3.00 bits per heavy atom. The molecule has 0 aliphatic carbocycles. The highest BCUT2D eigenvalue weighted by Crippen LogP contribution is 2.17. The Kier molecular flexibility index (Phi) is 4.24. The number of nitrogens with zero attached hydrogens (tertiary/aromatic N) is 4. The van der Waals surface area contributed by atoms with Crippen LogP contribution in [0.3, 0.4) is 0 Å². The van der Waals surface area contributed by atoms with Gasteiger partial charge in [-0.15, -0.1) is 0 Å². The number of aromatic nitrogens is 2. The van der Waals surface area contributed by atoms with Gasteiger partial charge >= 0.3 is 0 Å². The quantitative estimate of drug-likeness (QED) is 0.916. The van der Waals surface area contributed by atoms with Crippen LogP contribution >= 0.6 is 0 Å². The second-order valence-corrected chi connectivity index (χ2v) is 5.95. The lowest BCUT2D eigenvalue weighted by molar-refractivity contribution is 0.0733. The van der Waals surface area contributed by atoms with Gasteiger partial charge < -0.3 is 14.4 Å². The molecule has 0 saturated carbocycles. The third-order valence-electron chi connectivity index (χ3n) is 4.53. The summed E-state index contributed by atoms with van der Waals surface area (Å²) in [6.07, 6.45) is 2.94. The van der Waals surface area contributed by atoms with Gasteiger partial charge in [-0.1, -0.05) is 6.07 Å². The second-order valence-electron chi connectivity index (χ2n) is 5.95. The van der Waals surface area contributed by atoms with Crippen LogP contribution in [0.5, 0.6) is 0 Å². The summed E-state index contributed by atoms with van der Waals surface area (Å²) < 4.78 is 2.19. The molecule has 5 nitrogen and oxygen atoms in total. The zero-order valence-corrected chi connectivity index (χ0v) is 12.9. The minimum Gasteiger partial charge on any atom is -0.396 e. The summed E-state index contributed by atoms with van der Waals surface area (Å²) in [5, 5.41) is 9.21. The van der Waals surface area contributed by atoms with Crippen molar-refractivity contribution in [1.29, 1.82) is 0 Å². The van der Waals surface area contributed by atoms with Crippen molar-refractivity contribution in [2.75, 3.05) is 33.3 Å². The van der Waals surface area contributed by atoms with E-state index in [-0.39, 0.29) is 6.61 Å². The summed E-state index contributed by atoms with van der Waals surface area (Å²) in [4.78, 5) is 9.47. The molecule has 1 aliphatic rings. The maximum atomic E-state index is 9.21. The first-order chi connectivity index (χ1) is 10.2. The van der Waals surface area contributed by atoms with Crippen LogP contribution in [-0.2, 0) is 6.54 Å². The average Bonchev–Trinajstić information content (AvgIpc) is 2.79. The standard InChI is InChI=1S/C16H24N4O/c1-13-15(20-7-4-3-5-16(20)17-13)12-19-9-8-18(2)14(11-19)6-10-21/h3-5,7,14,21H,6,8-12H2,1-2H3/t14-/m1/s1. The molecule has 21 heavy (non-hydrogen) atoms. The zero-order chi connectivity index (χ0) is 14.8. The number of aliphatic hydroxyl groups is 1. The zero-order valence-electron chi connectivity index (χ0n) is 12.9. The second kappa shape index (κ2) is 6.13. The Bertz CT molecular complexity index is 609. The number of hydrogen-bond donors (Lipinski definition) is 1. The highest BCUT2D eigenvalue weighted by Gasteiger charge is 2.24. The van der Waals surface area contributed by atoms with Crippen molar-refractivity contribution >= 4 is 5.65 Å². The molecule has 1 aliphatic heterocycles. The molecule has 0 amide bonds. The van der Waals surface area contributed by atoms with Crippen LogP contribution in [0, 0.1) is 6.92 Å². The van der Waals surface area contributed by atoms with Gasteiger partial charge in [0.1, 0.15) is 5.65 Å². The summed E-state index contributed by atoms with van der Waals surface area (Å²) in [5.41, 5.74) is 3.41. The Labute approximate surface area is 125 Å². The number of piperazine rings is 1. The number of aryl methyl sites for hydroxylation is 1. The number of hydrogen-bond acceptors (Lipinski definition) is 4. The van der Waals surface area contributed by atoms with Gasteiger partial charge in [0.2, 0.25) is 0 Å². The highest BCUT2D eigenvalue weighted by atomic mass is 16.3. The molecule has 0 unspecified atom stereocenters. The van der Waals surface area contributed by atoms with E-state index in [4.69, 9.17) is 0 Å². The molecule has 1 fully saturated rings. The van der Waals surface area contributed by atoms with E-state index in [2.05, 4.69) is 51.5 Å². The van der Waals surface area contributed by atoms with E-state index in [0.29, 0.717) is 6.04 Å². The number of likely N-dealkylation sites (N-methyl/N-ethyl adjacent to an activating group) is 1. The van der Waals surface area contributed by atoms with E-state index in [1.54, 1.807) is 0 Å². The number of pyridine rings is 1. The lowest BCUT2D eigenvalue weighted by Crippen LogP contribution is -2.51. The molecule has 0 spiro atoms. The topological polar surface area (TPSA) is 44.0 Å². The van der Waals surface area contributed by atoms with Gasteiger partial charge in [0.05, 0.1) is 11.4 Å². The summed E-state index contributed by atoms with van der Waals surface area (Å²) in [6.45, 7) is 6.41. The molecule has 5 heteroatoms. The van der Waals surface area contributed by atoms with Crippen LogP contribution in [0.1, 0.15) is 17.8 Å². The van der Waals surface area contributed by atoms with E-state index in [0.717, 1.165) is 43.9 Å². The molecule has 3 rings (SSSR count). The molecule has 1 N–H and O–H groups in total. The summed E-state index contributed by atoms with van der Waals surface area (Å²) >= 11 is 0. The first-order valence-electron chi connectivity index (χ1n) is 7.65. The van der Waals surface area contributed by atoms with Crippen LogP contribution in [0.25, 0.3) is 5.65 Å². The summed E-state index contributed by atoms with van der Waals surface area (Å²) in [5.74, 6) is 0. The lowest BCUT2D eigenvalue weighted by Gasteiger charge is -2.39. The first-order valence-corrected chi connectivity index (χ1v) is 7.65. The number of rotatable bonds is 4. The first kappa shape index (κ1) is 14.5. The van der Waals surface area contributed by atoms with Crippen molar-refractivity contribution < 1.29 is 5.11 Å². The maximum Gasteiger partial charge on any atom is 0.137 e. The van der Waals surface area contributed by atoms with Gasteiger partial charge in [0.25, 0.3) is 0 Å². The molecule has 3 heterocycles. The van der Waals surface area contributed by atoms with E-state index >= 15 is 0 Å². The van der Waals surface area contributed by atoms with Gasteiger partial charge in [0.15, 0.2) is 0 Å². The largest absolute Gasteiger partial charge is 0.396 e. The third kappa shape index (κ3) is 2.95. The molecule has 2 aromatic rings. The van der Waals surface area contributed by atoms with Crippen LogP contribution in [-0.4, -0.2) is 63.6 Å². The van der Waals surface area contributed by atoms with E-state index in [1.807, 2.05) is 6.07 Å². The highest BCUT2D eigenvalue weighted by molar-refractivity contribution is 5.42. The molecular formula is C16H24N4O. The smallest absolute Gasteiger partial charge is 0.137 e. The molecule has 2 aromatic heterocycles. The van der Waals surface area contributed by atoms with Gasteiger partial charge in [0, 0.05) is 45.0 Å². The van der Waals surface area contributed by atoms with E-state index < -0.39 is 0 Å². The van der Waals surface area contributed by atoms with Gasteiger partial charge in [-0.25, -0.2) is 4.98 Å². The SMILES string of the molecule is Cc1nc2ccccn2c1CN1CCN(C)[C@H](CCO)C1. The van der Waals surface area contributed by atoms with Crippen molar-refractivity contribution in [1.82, 2.24) is 19.2 Å². The van der Waals surface area contributed by atoms with Crippen molar-refractivity contribution in [2.24, 2.45) is 0 Å². The maximum absolute atomic E-state index is 9.21. The normalized spacial score (nSPS) is 21.2. The number of fused-ring (bicyclic) bond motifs is 1.